The minimum absolute atomic E-state index is 0.127. The van der Waals surface area contributed by atoms with E-state index in [4.69, 9.17) is 4.74 Å². The summed E-state index contributed by atoms with van der Waals surface area (Å²) < 4.78 is 6.16. The van der Waals surface area contributed by atoms with Gasteiger partial charge in [0.15, 0.2) is 0 Å². The fourth-order valence-corrected chi connectivity index (χ4v) is 5.80. The van der Waals surface area contributed by atoms with Crippen molar-refractivity contribution < 1.29 is 28.7 Å². The second-order valence-corrected chi connectivity index (χ2v) is 13.7. The molecule has 6 N–H and O–H groups in total. The number of imidazole rings is 1. The molecule has 1 fully saturated rings. The van der Waals surface area contributed by atoms with Gasteiger partial charge in [0.1, 0.15) is 6.04 Å². The summed E-state index contributed by atoms with van der Waals surface area (Å²) in [5.41, 5.74) is 2.28. The molecule has 15 heteroatoms. The lowest BCUT2D eigenvalue weighted by Crippen LogP contribution is -2.55. The van der Waals surface area contributed by atoms with Crippen molar-refractivity contribution in [2.45, 2.75) is 71.6 Å². The van der Waals surface area contributed by atoms with Crippen LogP contribution in [-0.2, 0) is 20.7 Å². The van der Waals surface area contributed by atoms with Crippen LogP contribution >= 0.6 is 15.9 Å². The van der Waals surface area contributed by atoms with Gasteiger partial charge in [-0.1, -0.05) is 41.9 Å². The maximum atomic E-state index is 13.9. The summed E-state index contributed by atoms with van der Waals surface area (Å²) in [5, 5.41) is 14.7. The Bertz CT molecular complexity index is 1670. The van der Waals surface area contributed by atoms with E-state index in [2.05, 4.69) is 52.5 Å². The van der Waals surface area contributed by atoms with Crippen LogP contribution in [0.2, 0.25) is 0 Å². The molecule has 4 rings (SSSR count). The molecule has 0 bridgehead atoms. The number of amides is 5. The van der Waals surface area contributed by atoms with Gasteiger partial charge >= 0.3 is 6.09 Å². The summed E-state index contributed by atoms with van der Waals surface area (Å²) in [7, 11) is 0. The van der Waals surface area contributed by atoms with Crippen molar-refractivity contribution in [3.8, 4) is 0 Å². The maximum Gasteiger partial charge on any atom is 0.414 e. The molecule has 51 heavy (non-hydrogen) atoms. The highest BCUT2D eigenvalue weighted by atomic mass is 79.9. The molecule has 0 radical (unpaired) electrons. The molecule has 274 valence electrons. The van der Waals surface area contributed by atoms with Gasteiger partial charge in [-0.25, -0.2) is 9.78 Å². The zero-order valence-corrected chi connectivity index (χ0v) is 31.1. The number of H-pyrrole nitrogens is 1. The SMILES string of the molecule is CCNC(=O)[C@@H](NC(=O)[C@H](C)NC[C@H](Cc1c[nH]cn1)NC(=O)c1cc(C(=O)N[C@H](C)c2ccc(Br)cc2)cc(N2CCCOC2=O)c1)C(C)C. The molecular formula is C36H47BrN8O6. The molecule has 2 heterocycles. The molecule has 0 spiro atoms. The number of aromatic nitrogens is 2. The Hall–Kier alpha value is -4.76. The highest BCUT2D eigenvalue weighted by Crippen LogP contribution is 2.24. The van der Waals surface area contributed by atoms with Gasteiger partial charge in [-0.3, -0.25) is 24.1 Å². The fraction of sp³-hybridized carbons (Fsp3) is 0.444. The van der Waals surface area contributed by atoms with E-state index in [-0.39, 0.29) is 48.1 Å². The third kappa shape index (κ3) is 11.1. The number of rotatable bonds is 16. The lowest BCUT2D eigenvalue weighted by Gasteiger charge is -2.27. The number of cyclic esters (lactones) is 1. The zero-order chi connectivity index (χ0) is 37.1. The van der Waals surface area contributed by atoms with E-state index in [0.29, 0.717) is 37.3 Å². The van der Waals surface area contributed by atoms with Crippen molar-refractivity contribution in [3.63, 3.8) is 0 Å². The largest absolute Gasteiger partial charge is 0.449 e. The van der Waals surface area contributed by atoms with Gasteiger partial charge in [0.25, 0.3) is 11.8 Å². The Labute approximate surface area is 306 Å². The number of hydrogen-bond acceptors (Lipinski definition) is 8. The molecule has 5 amide bonds. The average molecular weight is 768 g/mol. The number of anilines is 1. The quantitative estimate of drug-likeness (QED) is 0.128. The maximum absolute atomic E-state index is 13.9. The number of carbonyl (C=O) groups excluding carboxylic acids is 5. The molecular weight excluding hydrogens is 720 g/mol. The first-order valence-corrected chi connectivity index (χ1v) is 17.9. The van der Waals surface area contributed by atoms with Crippen molar-refractivity contribution in [1.29, 1.82) is 0 Å². The lowest BCUT2D eigenvalue weighted by atomic mass is 10.0. The van der Waals surface area contributed by atoms with E-state index >= 15 is 0 Å². The zero-order valence-electron chi connectivity index (χ0n) is 29.5. The topological polar surface area (TPSA) is 187 Å². The number of nitrogens with one attached hydrogen (secondary N) is 6. The summed E-state index contributed by atoms with van der Waals surface area (Å²) in [5.74, 6) is -1.66. The first-order chi connectivity index (χ1) is 24.4. The first kappa shape index (κ1) is 39.0. The Kier molecular flexibility index (Phi) is 14.1. The van der Waals surface area contributed by atoms with Gasteiger partial charge in [0, 0.05) is 59.6 Å². The fourth-order valence-electron chi connectivity index (χ4n) is 5.54. The highest BCUT2D eigenvalue weighted by Gasteiger charge is 2.28. The Balaban J connectivity index is 1.54. The summed E-state index contributed by atoms with van der Waals surface area (Å²) in [6.07, 6.45) is 3.60. The molecule has 14 nitrogen and oxygen atoms in total. The van der Waals surface area contributed by atoms with Crippen LogP contribution in [0.25, 0.3) is 0 Å². The minimum Gasteiger partial charge on any atom is -0.449 e. The molecule has 4 atom stereocenters. The number of halogens is 1. The van der Waals surface area contributed by atoms with Crippen LogP contribution < -0.4 is 31.5 Å². The molecule has 3 aromatic rings. The Morgan fingerprint density at radius 1 is 0.961 bits per heavy atom. The van der Waals surface area contributed by atoms with Crippen molar-refractivity contribution >= 4 is 51.3 Å². The molecule has 2 aromatic carbocycles. The van der Waals surface area contributed by atoms with E-state index in [1.54, 1.807) is 25.3 Å². The summed E-state index contributed by atoms with van der Waals surface area (Å²) in [6, 6.07) is 9.91. The molecule has 0 aliphatic carbocycles. The van der Waals surface area contributed by atoms with E-state index in [1.807, 2.05) is 52.0 Å². The number of benzene rings is 2. The molecule has 1 aliphatic rings. The summed E-state index contributed by atoms with van der Waals surface area (Å²) in [6.45, 7) is 10.3. The number of nitrogens with zero attached hydrogens (tertiary/aromatic N) is 2. The van der Waals surface area contributed by atoms with E-state index in [9.17, 15) is 24.0 Å². The second kappa shape index (κ2) is 18.5. The van der Waals surface area contributed by atoms with Crippen LogP contribution in [0.15, 0.2) is 59.5 Å². The molecule has 0 saturated carbocycles. The molecule has 1 aliphatic heterocycles. The van der Waals surface area contributed by atoms with Crippen molar-refractivity contribution in [2.24, 2.45) is 5.92 Å². The predicted molar refractivity (Wildman–Crippen MR) is 196 cm³/mol. The molecule has 1 saturated heterocycles. The number of carbonyl (C=O) groups is 5. The van der Waals surface area contributed by atoms with Crippen LogP contribution in [0.3, 0.4) is 0 Å². The second-order valence-electron chi connectivity index (χ2n) is 12.8. The van der Waals surface area contributed by atoms with Gasteiger partial charge < -0.3 is 36.3 Å². The van der Waals surface area contributed by atoms with E-state index < -0.39 is 36.0 Å². The monoisotopic (exact) mass is 766 g/mol. The molecule has 0 unspecified atom stereocenters. The summed E-state index contributed by atoms with van der Waals surface area (Å²) in [4.78, 5) is 74.5. The van der Waals surface area contributed by atoms with Crippen LogP contribution in [0.1, 0.15) is 79.1 Å². The van der Waals surface area contributed by atoms with E-state index in [1.165, 1.54) is 17.3 Å². The number of aromatic amines is 1. The van der Waals surface area contributed by atoms with Crippen molar-refractivity contribution in [2.75, 3.05) is 31.1 Å². The third-order valence-corrected chi connectivity index (χ3v) is 8.98. The van der Waals surface area contributed by atoms with Crippen molar-refractivity contribution in [3.05, 3.63) is 81.8 Å². The smallest absolute Gasteiger partial charge is 0.414 e. The summed E-state index contributed by atoms with van der Waals surface area (Å²) >= 11 is 3.43. The normalized spacial score (nSPS) is 15.3. The van der Waals surface area contributed by atoms with Crippen LogP contribution in [0.5, 0.6) is 0 Å². The van der Waals surface area contributed by atoms with Gasteiger partial charge in [-0.2, -0.15) is 0 Å². The van der Waals surface area contributed by atoms with Gasteiger partial charge in [0.05, 0.1) is 30.7 Å². The van der Waals surface area contributed by atoms with Crippen molar-refractivity contribution in [1.82, 2.24) is 36.6 Å². The Morgan fingerprint density at radius 2 is 1.65 bits per heavy atom. The Morgan fingerprint density at radius 3 is 2.25 bits per heavy atom. The predicted octanol–water partition coefficient (Wildman–Crippen LogP) is 3.61. The highest BCUT2D eigenvalue weighted by molar-refractivity contribution is 9.10. The van der Waals surface area contributed by atoms with Gasteiger partial charge in [0.2, 0.25) is 11.8 Å². The minimum atomic E-state index is -0.699. The average Bonchev–Trinajstić information content (AvgIpc) is 3.62. The molecule has 1 aromatic heterocycles. The van der Waals surface area contributed by atoms with E-state index in [0.717, 1.165) is 10.0 Å². The lowest BCUT2D eigenvalue weighted by molar-refractivity contribution is -0.130. The third-order valence-electron chi connectivity index (χ3n) is 8.45. The first-order valence-electron chi connectivity index (χ1n) is 17.1. The number of likely N-dealkylation sites (N-methyl/N-ethyl adjacent to an activating group) is 1. The van der Waals surface area contributed by atoms with Crippen LogP contribution in [0, 0.1) is 5.92 Å². The number of ether oxygens (including phenoxy) is 1. The standard InChI is InChI=1S/C36H47BrN8O6/c1-6-39-35(49)31(21(2)3)44-32(46)23(5)40-19-29(17-28-18-38-20-41-28)43-34(48)26-14-25(15-30(16-26)45-12-7-13-51-36(45)50)33(47)42-22(4)24-8-10-27(37)11-9-24/h8-11,14-16,18,20-23,29,31,40H,6-7,12-13,17,19H2,1-5H3,(H,38,41)(H,39,49)(H,42,47)(H,43,48)(H,44,46)/t22-,23+,29+,31+/m1/s1. The number of hydrogen-bond donors (Lipinski definition) is 6. The van der Waals surface area contributed by atoms with Crippen LogP contribution in [-0.4, -0.2) is 84.1 Å². The van der Waals surface area contributed by atoms with Gasteiger partial charge in [-0.15, -0.1) is 0 Å². The van der Waals surface area contributed by atoms with Gasteiger partial charge in [-0.05, 0) is 69.0 Å². The van der Waals surface area contributed by atoms with Crippen LogP contribution in [0.4, 0.5) is 10.5 Å².